The highest BCUT2D eigenvalue weighted by Gasteiger charge is 2.24. The number of nitrogens with two attached hydrogens (primary N) is 1. The molecule has 0 aromatic heterocycles. The van der Waals surface area contributed by atoms with Crippen LogP contribution in [0.5, 0.6) is 0 Å². The van der Waals surface area contributed by atoms with E-state index in [0.717, 1.165) is 18.9 Å². The first-order valence-electron chi connectivity index (χ1n) is 5.57. The fourth-order valence-corrected chi connectivity index (χ4v) is 1.47. The van der Waals surface area contributed by atoms with Crippen LogP contribution < -0.4 is 5.73 Å². The topological polar surface area (TPSA) is 46.3 Å². The highest BCUT2D eigenvalue weighted by atomic mass is 16.2. The van der Waals surface area contributed by atoms with Crippen LogP contribution in [0.1, 0.15) is 32.6 Å². The summed E-state index contributed by atoms with van der Waals surface area (Å²) in [7, 11) is 1.91. The molecule has 1 aliphatic carbocycles. The van der Waals surface area contributed by atoms with Gasteiger partial charge >= 0.3 is 0 Å². The smallest absolute Gasteiger partial charge is 0.222 e. The van der Waals surface area contributed by atoms with Crippen molar-refractivity contribution in [2.75, 3.05) is 20.1 Å². The van der Waals surface area contributed by atoms with Crippen molar-refractivity contribution in [2.45, 2.75) is 32.6 Å². The Bertz CT molecular complexity index is 190. The van der Waals surface area contributed by atoms with Crippen molar-refractivity contribution in [1.82, 2.24) is 4.90 Å². The molecule has 0 spiro atoms. The molecule has 0 saturated heterocycles. The fourth-order valence-electron chi connectivity index (χ4n) is 1.47. The Hall–Kier alpha value is -0.570. The van der Waals surface area contributed by atoms with Crippen molar-refractivity contribution < 1.29 is 4.79 Å². The second-order valence-electron chi connectivity index (χ2n) is 4.60. The van der Waals surface area contributed by atoms with E-state index in [2.05, 4.69) is 6.92 Å². The summed E-state index contributed by atoms with van der Waals surface area (Å²) in [4.78, 5) is 13.5. The quantitative estimate of drug-likeness (QED) is 0.697. The van der Waals surface area contributed by atoms with Crippen LogP contribution in [-0.2, 0) is 4.79 Å². The summed E-state index contributed by atoms with van der Waals surface area (Å²) in [6, 6.07) is 0. The van der Waals surface area contributed by atoms with E-state index in [4.69, 9.17) is 5.73 Å². The summed E-state index contributed by atoms with van der Waals surface area (Å²) >= 11 is 0. The largest absolute Gasteiger partial charge is 0.345 e. The van der Waals surface area contributed by atoms with Gasteiger partial charge in [-0.1, -0.05) is 6.92 Å². The van der Waals surface area contributed by atoms with Crippen LogP contribution >= 0.6 is 0 Å². The molecule has 0 heterocycles. The summed E-state index contributed by atoms with van der Waals surface area (Å²) in [5, 5.41) is 0. The van der Waals surface area contributed by atoms with E-state index in [-0.39, 0.29) is 5.91 Å². The van der Waals surface area contributed by atoms with Crippen molar-refractivity contribution in [3.8, 4) is 0 Å². The first-order valence-corrected chi connectivity index (χ1v) is 5.57. The molecule has 0 aromatic carbocycles. The molecular formula is C11H22N2O. The van der Waals surface area contributed by atoms with Crippen molar-refractivity contribution in [1.29, 1.82) is 0 Å². The fraction of sp³-hybridized carbons (Fsp3) is 0.909. The Kier molecular flexibility index (Phi) is 4.39. The number of nitrogens with zero attached hydrogens (tertiary/aromatic N) is 1. The summed E-state index contributed by atoms with van der Waals surface area (Å²) in [5.41, 5.74) is 5.50. The van der Waals surface area contributed by atoms with E-state index in [9.17, 15) is 4.79 Å². The number of amides is 1. The van der Waals surface area contributed by atoms with Gasteiger partial charge in [0.25, 0.3) is 0 Å². The van der Waals surface area contributed by atoms with Gasteiger partial charge < -0.3 is 10.6 Å². The van der Waals surface area contributed by atoms with Crippen LogP contribution in [0.2, 0.25) is 0 Å². The number of rotatable bonds is 6. The minimum absolute atomic E-state index is 0.275. The lowest BCUT2D eigenvalue weighted by atomic mass is 10.1. The van der Waals surface area contributed by atoms with Crippen molar-refractivity contribution in [3.05, 3.63) is 0 Å². The summed E-state index contributed by atoms with van der Waals surface area (Å²) in [6.45, 7) is 3.73. The molecule has 1 fully saturated rings. The molecule has 1 amide bonds. The monoisotopic (exact) mass is 198 g/mol. The second kappa shape index (κ2) is 5.35. The van der Waals surface area contributed by atoms with Gasteiger partial charge in [0.15, 0.2) is 0 Å². The zero-order chi connectivity index (χ0) is 10.6. The first-order chi connectivity index (χ1) is 6.63. The van der Waals surface area contributed by atoms with Crippen LogP contribution in [-0.4, -0.2) is 30.9 Å². The molecule has 82 valence electrons. The van der Waals surface area contributed by atoms with E-state index in [1.807, 2.05) is 11.9 Å². The van der Waals surface area contributed by atoms with Gasteiger partial charge in [0.05, 0.1) is 0 Å². The average Bonchev–Trinajstić information content (AvgIpc) is 2.97. The lowest BCUT2D eigenvalue weighted by molar-refractivity contribution is -0.130. The number of hydrogen-bond donors (Lipinski definition) is 1. The van der Waals surface area contributed by atoms with Crippen molar-refractivity contribution in [3.63, 3.8) is 0 Å². The van der Waals surface area contributed by atoms with E-state index >= 15 is 0 Å². The lowest BCUT2D eigenvalue weighted by Crippen LogP contribution is -2.29. The third-order valence-electron chi connectivity index (χ3n) is 2.91. The predicted molar refractivity (Wildman–Crippen MR) is 57.8 cm³/mol. The van der Waals surface area contributed by atoms with Gasteiger partial charge in [-0.15, -0.1) is 0 Å². The number of carbonyl (C=O) groups excluding carboxylic acids is 1. The van der Waals surface area contributed by atoms with Gasteiger partial charge in [-0.3, -0.25) is 4.79 Å². The highest BCUT2D eigenvalue weighted by Crippen LogP contribution is 2.29. The maximum Gasteiger partial charge on any atom is 0.222 e. The van der Waals surface area contributed by atoms with Gasteiger partial charge in [0, 0.05) is 20.0 Å². The molecule has 1 saturated carbocycles. The van der Waals surface area contributed by atoms with Gasteiger partial charge in [-0.05, 0) is 37.6 Å². The predicted octanol–water partition coefficient (Wildman–Crippen LogP) is 1.23. The minimum atomic E-state index is 0.275. The van der Waals surface area contributed by atoms with Crippen LogP contribution in [0.3, 0.4) is 0 Å². The Balaban J connectivity index is 2.12. The number of hydrogen-bond acceptors (Lipinski definition) is 2. The van der Waals surface area contributed by atoms with Gasteiger partial charge in [0.2, 0.25) is 5.91 Å². The summed E-state index contributed by atoms with van der Waals surface area (Å²) in [6.07, 6.45) is 4.18. The molecule has 0 aliphatic heterocycles. The highest BCUT2D eigenvalue weighted by molar-refractivity contribution is 5.75. The second-order valence-corrected chi connectivity index (χ2v) is 4.60. The van der Waals surface area contributed by atoms with Gasteiger partial charge in [-0.25, -0.2) is 0 Å². The Morgan fingerprint density at radius 1 is 1.57 bits per heavy atom. The van der Waals surface area contributed by atoms with Crippen molar-refractivity contribution in [2.24, 2.45) is 17.6 Å². The molecule has 3 nitrogen and oxygen atoms in total. The summed E-state index contributed by atoms with van der Waals surface area (Å²) in [5.74, 6) is 1.53. The standard InChI is InChI=1S/C11H22N2O/c1-9(7-12)3-6-11(14)13(2)8-10-4-5-10/h9-10H,3-8,12H2,1-2H3. The molecule has 3 heteroatoms. The first kappa shape index (κ1) is 11.5. The molecule has 1 rings (SSSR count). The molecule has 2 N–H and O–H groups in total. The molecule has 1 atom stereocenters. The van der Waals surface area contributed by atoms with Crippen LogP contribution in [0.25, 0.3) is 0 Å². The molecular weight excluding hydrogens is 176 g/mol. The third-order valence-corrected chi connectivity index (χ3v) is 2.91. The Morgan fingerprint density at radius 3 is 2.71 bits per heavy atom. The average molecular weight is 198 g/mol. The minimum Gasteiger partial charge on any atom is -0.345 e. The van der Waals surface area contributed by atoms with E-state index in [1.165, 1.54) is 12.8 Å². The molecule has 0 bridgehead atoms. The molecule has 14 heavy (non-hydrogen) atoms. The Morgan fingerprint density at radius 2 is 2.21 bits per heavy atom. The zero-order valence-electron chi connectivity index (χ0n) is 9.33. The SMILES string of the molecule is CC(CN)CCC(=O)N(C)CC1CC1. The van der Waals surface area contributed by atoms with Crippen LogP contribution in [0, 0.1) is 11.8 Å². The van der Waals surface area contributed by atoms with E-state index in [0.29, 0.717) is 18.9 Å². The molecule has 1 aliphatic rings. The molecule has 0 radical (unpaired) electrons. The Labute approximate surface area is 86.6 Å². The number of carbonyl (C=O) groups is 1. The lowest BCUT2D eigenvalue weighted by Gasteiger charge is -2.17. The van der Waals surface area contributed by atoms with E-state index in [1.54, 1.807) is 0 Å². The summed E-state index contributed by atoms with van der Waals surface area (Å²) < 4.78 is 0. The maximum atomic E-state index is 11.6. The van der Waals surface area contributed by atoms with Gasteiger partial charge in [-0.2, -0.15) is 0 Å². The van der Waals surface area contributed by atoms with Crippen LogP contribution in [0.15, 0.2) is 0 Å². The van der Waals surface area contributed by atoms with Crippen LogP contribution in [0.4, 0.5) is 0 Å². The normalized spacial score (nSPS) is 17.9. The van der Waals surface area contributed by atoms with Crippen molar-refractivity contribution >= 4 is 5.91 Å². The zero-order valence-corrected chi connectivity index (χ0v) is 9.33. The van der Waals surface area contributed by atoms with E-state index < -0.39 is 0 Å². The molecule has 0 aromatic rings. The molecule has 1 unspecified atom stereocenters. The maximum absolute atomic E-state index is 11.6. The van der Waals surface area contributed by atoms with Gasteiger partial charge in [0.1, 0.15) is 0 Å². The third kappa shape index (κ3) is 4.09.